The first-order valence-corrected chi connectivity index (χ1v) is 17.2. The first-order chi connectivity index (χ1) is 23.6. The average Bonchev–Trinajstić information content (AvgIpc) is 3.57. The topological polar surface area (TPSA) is 99.2 Å². The van der Waals surface area contributed by atoms with Crippen LogP contribution >= 0.6 is 34.5 Å². The third-order valence-electron chi connectivity index (χ3n) is 8.58. The van der Waals surface area contributed by atoms with E-state index in [0.29, 0.717) is 57.5 Å². The maximum atomic E-state index is 13.2. The molecule has 4 aromatic rings. The quantitative estimate of drug-likeness (QED) is 0.0625. The Labute approximate surface area is 299 Å². The Morgan fingerprint density at radius 2 is 1.51 bits per heavy atom. The van der Waals surface area contributed by atoms with Gasteiger partial charge in [0.25, 0.3) is 5.91 Å². The van der Waals surface area contributed by atoms with Crippen molar-refractivity contribution in [3.63, 3.8) is 0 Å². The summed E-state index contributed by atoms with van der Waals surface area (Å²) in [4.78, 5) is 54.1. The number of ketones is 2. The van der Waals surface area contributed by atoms with Crippen LogP contribution in [0.15, 0.2) is 78.9 Å². The van der Waals surface area contributed by atoms with Crippen LogP contribution in [-0.4, -0.2) is 44.7 Å². The van der Waals surface area contributed by atoms with Crippen molar-refractivity contribution in [1.29, 1.82) is 0 Å². The van der Waals surface area contributed by atoms with E-state index in [4.69, 9.17) is 37.4 Å². The summed E-state index contributed by atoms with van der Waals surface area (Å²) in [6, 6.07) is 20.7. The molecule has 0 bridgehead atoms. The first-order valence-electron chi connectivity index (χ1n) is 15.7. The Balaban J connectivity index is 1.15. The highest BCUT2D eigenvalue weighted by Crippen LogP contribution is 2.36. The fraction of sp³-hybridized carbons (Fsp3) is 0.263. The van der Waals surface area contributed by atoms with Gasteiger partial charge in [0.15, 0.2) is 5.78 Å². The van der Waals surface area contributed by atoms with E-state index in [1.54, 1.807) is 67.6 Å². The Kier molecular flexibility index (Phi) is 11.9. The summed E-state index contributed by atoms with van der Waals surface area (Å²) in [6.07, 6.45) is 5.32. The lowest BCUT2D eigenvalue weighted by atomic mass is 9.79. The van der Waals surface area contributed by atoms with Crippen LogP contribution in [0.1, 0.15) is 56.8 Å². The Morgan fingerprint density at radius 1 is 0.837 bits per heavy atom. The van der Waals surface area contributed by atoms with E-state index in [-0.39, 0.29) is 46.5 Å². The fourth-order valence-corrected chi connectivity index (χ4v) is 6.88. The van der Waals surface area contributed by atoms with E-state index >= 15 is 0 Å². The molecule has 49 heavy (non-hydrogen) atoms. The van der Waals surface area contributed by atoms with Gasteiger partial charge in [0.2, 0.25) is 0 Å². The Hall–Kier alpha value is -4.44. The zero-order valence-electron chi connectivity index (χ0n) is 27.2. The van der Waals surface area contributed by atoms with Crippen molar-refractivity contribution >= 4 is 69.7 Å². The second kappa shape index (κ2) is 16.3. The predicted molar refractivity (Wildman–Crippen MR) is 193 cm³/mol. The number of carbonyl (C=O) groups excluding carboxylic acids is 4. The highest BCUT2D eigenvalue weighted by atomic mass is 35.5. The molecule has 1 amide bonds. The second-order valence-corrected chi connectivity index (χ2v) is 13.8. The van der Waals surface area contributed by atoms with Gasteiger partial charge in [0.05, 0.1) is 34.4 Å². The minimum absolute atomic E-state index is 0.104. The predicted octanol–water partition coefficient (Wildman–Crippen LogP) is 8.77. The van der Waals surface area contributed by atoms with Crippen LogP contribution in [0.5, 0.6) is 17.2 Å². The molecule has 1 fully saturated rings. The number of methoxy groups -OCH3 is 2. The molecule has 5 rings (SSSR count). The summed E-state index contributed by atoms with van der Waals surface area (Å²) < 4.78 is 16.8. The van der Waals surface area contributed by atoms with Gasteiger partial charge in [-0.3, -0.25) is 19.2 Å². The zero-order chi connectivity index (χ0) is 35.1. The number of hydrogen-bond acceptors (Lipinski definition) is 8. The first kappa shape index (κ1) is 35.9. The lowest BCUT2D eigenvalue weighted by Gasteiger charge is -2.26. The molecule has 8 nitrogen and oxygen atoms in total. The van der Waals surface area contributed by atoms with Crippen LogP contribution in [0.25, 0.3) is 6.08 Å². The molecule has 3 aromatic carbocycles. The maximum Gasteiger partial charge on any atom is 0.314 e. The molecule has 0 N–H and O–H groups in total. The normalized spacial score (nSPS) is 15.9. The Bertz CT molecular complexity index is 1860. The molecule has 1 aromatic heterocycles. The van der Waals surface area contributed by atoms with Gasteiger partial charge < -0.3 is 19.1 Å². The van der Waals surface area contributed by atoms with Gasteiger partial charge in [-0.1, -0.05) is 35.3 Å². The number of esters is 1. The van der Waals surface area contributed by atoms with Crippen molar-refractivity contribution in [2.75, 3.05) is 26.2 Å². The van der Waals surface area contributed by atoms with Gasteiger partial charge >= 0.3 is 5.97 Å². The molecular formula is C38H35Cl2NO7S. The molecule has 1 aliphatic carbocycles. The molecule has 1 heterocycles. The third kappa shape index (κ3) is 8.97. The van der Waals surface area contributed by atoms with E-state index in [1.807, 2.05) is 24.3 Å². The van der Waals surface area contributed by atoms with E-state index < -0.39 is 5.97 Å². The Morgan fingerprint density at radius 3 is 2.12 bits per heavy atom. The molecular weight excluding hydrogens is 685 g/mol. The highest BCUT2D eigenvalue weighted by molar-refractivity contribution is 7.18. The number of ether oxygens (including phenoxy) is 3. The third-order valence-corrected chi connectivity index (χ3v) is 10.1. The number of nitrogens with zero attached hydrogens (tertiary/aromatic N) is 1. The lowest BCUT2D eigenvalue weighted by molar-refractivity contribution is -0.141. The summed E-state index contributed by atoms with van der Waals surface area (Å²) in [5.74, 6) is 0.0131. The zero-order valence-corrected chi connectivity index (χ0v) is 29.6. The van der Waals surface area contributed by atoms with E-state index in [0.717, 1.165) is 11.3 Å². The van der Waals surface area contributed by atoms with Crippen molar-refractivity contribution in [2.24, 2.45) is 11.8 Å². The molecule has 0 radical (unpaired) electrons. The number of carbonyl (C=O) groups is 4. The molecule has 0 aliphatic heterocycles. The van der Waals surface area contributed by atoms with Gasteiger partial charge in [-0.15, -0.1) is 11.3 Å². The monoisotopic (exact) mass is 719 g/mol. The lowest BCUT2D eigenvalue weighted by Crippen LogP contribution is -2.29. The van der Waals surface area contributed by atoms with Crippen LogP contribution in [-0.2, 0) is 16.0 Å². The number of amides is 1. The average molecular weight is 721 g/mol. The summed E-state index contributed by atoms with van der Waals surface area (Å²) in [5, 5.41) is 0.259. The number of rotatable bonds is 12. The largest absolute Gasteiger partial charge is 0.497 e. The minimum atomic E-state index is -0.419. The van der Waals surface area contributed by atoms with Crippen LogP contribution in [0, 0.1) is 11.8 Å². The molecule has 0 saturated heterocycles. The maximum absolute atomic E-state index is 13.2. The van der Waals surface area contributed by atoms with Crippen LogP contribution in [0.4, 0.5) is 5.69 Å². The van der Waals surface area contributed by atoms with Gasteiger partial charge in [-0.2, -0.15) is 0 Å². The molecule has 1 saturated carbocycles. The molecule has 0 atom stereocenters. The van der Waals surface area contributed by atoms with Gasteiger partial charge in [0, 0.05) is 42.3 Å². The second-order valence-electron chi connectivity index (χ2n) is 11.7. The number of anilines is 1. The van der Waals surface area contributed by atoms with Crippen molar-refractivity contribution < 1.29 is 33.4 Å². The van der Waals surface area contributed by atoms with Crippen molar-refractivity contribution in [1.82, 2.24) is 0 Å². The van der Waals surface area contributed by atoms with Crippen molar-refractivity contribution in [2.45, 2.75) is 32.1 Å². The molecule has 254 valence electrons. The standard InChI is InChI=1S/C38H35Cl2NO7S/c1-41(28-13-15-29(46-2)16-14-28)37(44)25-6-4-23(5-7-25)20-32(43)24-8-10-26(11-9-24)38(45)48-33-22-30(39)34(47-3)21-27(33)12-17-31(42)35-18-19-36(40)49-35/h4-7,12-19,21-22,24,26H,8-11,20H2,1-3H3/b17-12+. The number of halogens is 2. The fourth-order valence-electron chi connectivity index (χ4n) is 5.69. The number of hydrogen-bond donors (Lipinski definition) is 0. The molecule has 0 unspecified atom stereocenters. The molecule has 0 spiro atoms. The number of thiophene rings is 1. The number of benzene rings is 3. The summed E-state index contributed by atoms with van der Waals surface area (Å²) in [5.41, 5.74) is 2.54. The van der Waals surface area contributed by atoms with Gasteiger partial charge in [0.1, 0.15) is 23.0 Å². The van der Waals surface area contributed by atoms with Gasteiger partial charge in [-0.05, 0) is 98.0 Å². The highest BCUT2D eigenvalue weighted by Gasteiger charge is 2.31. The number of allylic oxidation sites excluding steroid dienone is 1. The summed E-state index contributed by atoms with van der Waals surface area (Å²) in [6.45, 7) is 0. The van der Waals surface area contributed by atoms with Gasteiger partial charge in [-0.25, -0.2) is 0 Å². The smallest absolute Gasteiger partial charge is 0.314 e. The van der Waals surface area contributed by atoms with E-state index in [1.165, 1.54) is 30.6 Å². The molecule has 1 aliphatic rings. The number of Topliss-reactive ketones (excluding diaryl/α,β-unsaturated/α-hetero) is 1. The van der Waals surface area contributed by atoms with Crippen LogP contribution in [0.2, 0.25) is 9.36 Å². The van der Waals surface area contributed by atoms with Crippen LogP contribution in [0.3, 0.4) is 0 Å². The van der Waals surface area contributed by atoms with E-state index in [2.05, 4.69) is 0 Å². The summed E-state index contributed by atoms with van der Waals surface area (Å²) in [7, 11) is 4.77. The molecule has 11 heteroatoms. The SMILES string of the molecule is COc1ccc(N(C)C(=O)c2ccc(CC(=O)C3CCC(C(=O)Oc4cc(Cl)c(OC)cc4/C=C/C(=O)c4ccc(Cl)s4)CC3)cc2)cc1. The minimum Gasteiger partial charge on any atom is -0.497 e. The van der Waals surface area contributed by atoms with Crippen molar-refractivity contribution in [3.8, 4) is 17.2 Å². The van der Waals surface area contributed by atoms with E-state index in [9.17, 15) is 19.2 Å². The van der Waals surface area contributed by atoms with Crippen molar-refractivity contribution in [3.05, 3.63) is 110 Å². The summed E-state index contributed by atoms with van der Waals surface area (Å²) >= 11 is 13.5. The van der Waals surface area contributed by atoms with Crippen LogP contribution < -0.4 is 19.1 Å².